The number of aromatic nitrogens is 3. The van der Waals surface area contributed by atoms with Gasteiger partial charge in [-0.1, -0.05) is 0 Å². The van der Waals surface area contributed by atoms with Crippen molar-refractivity contribution < 1.29 is 19.1 Å². The van der Waals surface area contributed by atoms with Gasteiger partial charge in [0.1, 0.15) is 5.82 Å². The Kier molecular flexibility index (Phi) is 3.80. The molecule has 3 N–H and O–H groups in total. The summed E-state index contributed by atoms with van der Waals surface area (Å²) >= 11 is 0. The third-order valence-corrected chi connectivity index (χ3v) is 2.17. The van der Waals surface area contributed by atoms with Crippen molar-refractivity contribution in [2.45, 2.75) is 0 Å². The Balaban J connectivity index is 2.05. The molecule has 1 aromatic heterocycles. The molecular formula is C11H8FN5O3. The van der Waals surface area contributed by atoms with E-state index in [1.165, 1.54) is 18.5 Å². The first-order valence-corrected chi connectivity index (χ1v) is 5.31. The van der Waals surface area contributed by atoms with Crippen molar-refractivity contribution in [2.24, 2.45) is 0 Å². The molecule has 1 aromatic carbocycles. The SMILES string of the molecule is O=C(Nc1ccc(C(=O)O)c(F)c1)Nc1nccnn1. The summed E-state index contributed by atoms with van der Waals surface area (Å²) in [6.07, 6.45) is 2.67. The predicted octanol–water partition coefficient (Wildman–Crippen LogP) is 1.35. The summed E-state index contributed by atoms with van der Waals surface area (Å²) in [6.45, 7) is 0. The van der Waals surface area contributed by atoms with E-state index < -0.39 is 23.4 Å². The first kappa shape index (κ1) is 13.3. The average Bonchev–Trinajstić information content (AvgIpc) is 2.39. The predicted molar refractivity (Wildman–Crippen MR) is 65.8 cm³/mol. The number of carboxylic acid groups (broad SMARTS) is 1. The molecule has 2 rings (SSSR count). The highest BCUT2D eigenvalue weighted by atomic mass is 19.1. The maximum Gasteiger partial charge on any atom is 0.338 e. The quantitative estimate of drug-likeness (QED) is 0.779. The third-order valence-electron chi connectivity index (χ3n) is 2.17. The van der Waals surface area contributed by atoms with Crippen LogP contribution in [0.5, 0.6) is 0 Å². The van der Waals surface area contributed by atoms with Gasteiger partial charge in [-0.25, -0.2) is 19.0 Å². The Bertz CT molecular complexity index is 650. The van der Waals surface area contributed by atoms with Crippen LogP contribution < -0.4 is 10.6 Å². The van der Waals surface area contributed by atoms with Crippen LogP contribution in [0.4, 0.5) is 20.8 Å². The largest absolute Gasteiger partial charge is 0.478 e. The summed E-state index contributed by atoms with van der Waals surface area (Å²) in [4.78, 5) is 25.9. The van der Waals surface area contributed by atoms with Crippen LogP contribution in [0.25, 0.3) is 0 Å². The molecule has 2 aromatic rings. The van der Waals surface area contributed by atoms with Crippen molar-refractivity contribution >= 4 is 23.6 Å². The zero-order chi connectivity index (χ0) is 14.5. The number of hydrogen-bond acceptors (Lipinski definition) is 5. The maximum absolute atomic E-state index is 13.4. The molecule has 0 fully saturated rings. The molecule has 102 valence electrons. The van der Waals surface area contributed by atoms with E-state index in [-0.39, 0.29) is 11.6 Å². The molecular weight excluding hydrogens is 269 g/mol. The Morgan fingerprint density at radius 2 is 2.00 bits per heavy atom. The summed E-state index contributed by atoms with van der Waals surface area (Å²) in [6, 6.07) is 2.50. The lowest BCUT2D eigenvalue weighted by molar-refractivity contribution is 0.0692. The Morgan fingerprint density at radius 1 is 1.20 bits per heavy atom. The van der Waals surface area contributed by atoms with E-state index >= 15 is 0 Å². The number of aromatic carboxylic acids is 1. The molecule has 0 spiro atoms. The molecule has 0 radical (unpaired) electrons. The van der Waals surface area contributed by atoms with Crippen LogP contribution in [-0.2, 0) is 0 Å². The number of carbonyl (C=O) groups excluding carboxylic acids is 1. The van der Waals surface area contributed by atoms with Gasteiger partial charge in [0.2, 0.25) is 0 Å². The van der Waals surface area contributed by atoms with Gasteiger partial charge in [0, 0.05) is 5.69 Å². The highest BCUT2D eigenvalue weighted by Crippen LogP contribution is 2.14. The molecule has 9 heteroatoms. The van der Waals surface area contributed by atoms with E-state index in [4.69, 9.17) is 5.11 Å². The fraction of sp³-hybridized carbons (Fsp3) is 0. The van der Waals surface area contributed by atoms with Gasteiger partial charge in [-0.3, -0.25) is 5.32 Å². The molecule has 1 heterocycles. The molecule has 0 aliphatic rings. The second-order valence-electron chi connectivity index (χ2n) is 3.55. The number of urea groups is 1. The van der Waals surface area contributed by atoms with Crippen LogP contribution in [-0.4, -0.2) is 32.3 Å². The standard InChI is InChI=1S/C11H8FN5O3/c12-8-5-6(1-2-7(8)9(18)19)15-11(20)16-10-13-3-4-14-17-10/h1-5H,(H,18,19)(H2,13,15,16,17,20). The van der Waals surface area contributed by atoms with Crippen LogP contribution in [0.3, 0.4) is 0 Å². The summed E-state index contributed by atoms with van der Waals surface area (Å²) in [5.74, 6) is -2.36. The Labute approximate surface area is 111 Å². The Hall–Kier alpha value is -3.10. The van der Waals surface area contributed by atoms with Gasteiger partial charge in [0.05, 0.1) is 18.0 Å². The van der Waals surface area contributed by atoms with Crippen LogP contribution in [0.1, 0.15) is 10.4 Å². The lowest BCUT2D eigenvalue weighted by Gasteiger charge is -2.06. The second kappa shape index (κ2) is 5.69. The number of benzene rings is 1. The van der Waals surface area contributed by atoms with Crippen molar-refractivity contribution in [1.29, 1.82) is 0 Å². The summed E-state index contributed by atoms with van der Waals surface area (Å²) in [5.41, 5.74) is -0.388. The van der Waals surface area contributed by atoms with E-state index in [1.807, 2.05) is 0 Å². The fourth-order valence-corrected chi connectivity index (χ4v) is 1.34. The topological polar surface area (TPSA) is 117 Å². The van der Waals surface area contributed by atoms with Crippen molar-refractivity contribution in [3.63, 3.8) is 0 Å². The smallest absolute Gasteiger partial charge is 0.338 e. The summed E-state index contributed by atoms with van der Waals surface area (Å²) in [7, 11) is 0. The number of carboxylic acids is 1. The maximum atomic E-state index is 13.4. The van der Waals surface area contributed by atoms with Gasteiger partial charge >= 0.3 is 12.0 Å². The van der Waals surface area contributed by atoms with E-state index in [9.17, 15) is 14.0 Å². The molecule has 2 amide bonds. The number of rotatable bonds is 3. The molecule has 20 heavy (non-hydrogen) atoms. The first-order chi connectivity index (χ1) is 9.56. The van der Waals surface area contributed by atoms with Gasteiger partial charge in [0.25, 0.3) is 5.95 Å². The van der Waals surface area contributed by atoms with Crippen molar-refractivity contribution in [2.75, 3.05) is 10.6 Å². The molecule has 0 saturated heterocycles. The zero-order valence-electron chi connectivity index (χ0n) is 9.87. The third kappa shape index (κ3) is 3.22. The van der Waals surface area contributed by atoms with Crippen LogP contribution in [0.15, 0.2) is 30.6 Å². The number of hydrogen-bond donors (Lipinski definition) is 3. The molecule has 0 saturated carbocycles. The van der Waals surface area contributed by atoms with E-state index in [0.717, 1.165) is 12.1 Å². The van der Waals surface area contributed by atoms with Crippen molar-refractivity contribution in [3.05, 3.63) is 42.0 Å². The molecule has 0 atom stereocenters. The second-order valence-corrected chi connectivity index (χ2v) is 3.55. The highest BCUT2D eigenvalue weighted by Gasteiger charge is 2.11. The molecule has 0 aliphatic heterocycles. The van der Waals surface area contributed by atoms with Crippen molar-refractivity contribution in [1.82, 2.24) is 15.2 Å². The number of halogens is 1. The minimum atomic E-state index is -1.39. The molecule has 0 bridgehead atoms. The minimum Gasteiger partial charge on any atom is -0.478 e. The van der Waals surface area contributed by atoms with Gasteiger partial charge in [0.15, 0.2) is 0 Å². The number of amides is 2. The summed E-state index contributed by atoms with van der Waals surface area (Å²) in [5, 5.41) is 20.3. The average molecular weight is 277 g/mol. The number of carbonyl (C=O) groups is 2. The van der Waals surface area contributed by atoms with E-state index in [1.54, 1.807) is 0 Å². The van der Waals surface area contributed by atoms with E-state index in [0.29, 0.717) is 0 Å². The van der Waals surface area contributed by atoms with Gasteiger partial charge in [-0.15, -0.1) is 5.10 Å². The van der Waals surface area contributed by atoms with Gasteiger partial charge < -0.3 is 10.4 Å². The minimum absolute atomic E-state index is 0.0207. The molecule has 0 unspecified atom stereocenters. The summed E-state index contributed by atoms with van der Waals surface area (Å²) < 4.78 is 13.4. The Morgan fingerprint density at radius 3 is 2.60 bits per heavy atom. The van der Waals surface area contributed by atoms with Gasteiger partial charge in [-0.2, -0.15) is 5.10 Å². The van der Waals surface area contributed by atoms with Crippen LogP contribution in [0, 0.1) is 5.82 Å². The monoisotopic (exact) mass is 277 g/mol. The number of nitrogens with one attached hydrogen (secondary N) is 2. The highest BCUT2D eigenvalue weighted by molar-refractivity contribution is 5.99. The molecule has 8 nitrogen and oxygen atoms in total. The lowest BCUT2D eigenvalue weighted by atomic mass is 10.2. The van der Waals surface area contributed by atoms with Crippen LogP contribution >= 0.6 is 0 Å². The van der Waals surface area contributed by atoms with Crippen molar-refractivity contribution in [3.8, 4) is 0 Å². The number of anilines is 2. The fourth-order valence-electron chi connectivity index (χ4n) is 1.34. The lowest BCUT2D eigenvalue weighted by Crippen LogP contribution is -2.21. The first-order valence-electron chi connectivity index (χ1n) is 5.31. The van der Waals surface area contributed by atoms with Gasteiger partial charge in [-0.05, 0) is 18.2 Å². The van der Waals surface area contributed by atoms with Crippen LogP contribution in [0.2, 0.25) is 0 Å². The van der Waals surface area contributed by atoms with E-state index in [2.05, 4.69) is 25.8 Å². The zero-order valence-corrected chi connectivity index (χ0v) is 9.87. The molecule has 0 aliphatic carbocycles. The normalized spacial score (nSPS) is 9.85. The number of nitrogens with zero attached hydrogens (tertiary/aromatic N) is 3.